The predicted molar refractivity (Wildman–Crippen MR) is 119 cm³/mol. The van der Waals surface area contributed by atoms with Crippen LogP contribution >= 0.6 is 0 Å². The van der Waals surface area contributed by atoms with Crippen LogP contribution in [-0.2, 0) is 16.1 Å². The summed E-state index contributed by atoms with van der Waals surface area (Å²) in [7, 11) is 0. The van der Waals surface area contributed by atoms with Gasteiger partial charge in [0, 0.05) is 13.0 Å². The topological polar surface area (TPSA) is 112 Å². The summed E-state index contributed by atoms with van der Waals surface area (Å²) in [5.41, 5.74) is 6.01. The average Bonchev–Trinajstić information content (AvgIpc) is 2.79. The van der Waals surface area contributed by atoms with Crippen molar-refractivity contribution in [3.8, 4) is 11.5 Å². The first-order valence-corrected chi connectivity index (χ1v) is 10.3. The monoisotopic (exact) mass is 438 g/mol. The van der Waals surface area contributed by atoms with Gasteiger partial charge >= 0.3 is 0 Å². The molecule has 0 spiro atoms. The Labute approximate surface area is 185 Å². The molecule has 168 valence electrons. The van der Waals surface area contributed by atoms with Gasteiger partial charge in [-0.2, -0.15) is 0 Å². The highest BCUT2D eigenvalue weighted by Gasteiger charge is 2.16. The van der Waals surface area contributed by atoms with Gasteiger partial charge in [-0.25, -0.2) is 4.98 Å². The van der Waals surface area contributed by atoms with E-state index in [1.807, 2.05) is 19.9 Å². The van der Waals surface area contributed by atoms with E-state index in [-0.39, 0.29) is 18.5 Å². The minimum absolute atomic E-state index is 0.00663. The fourth-order valence-corrected chi connectivity index (χ4v) is 3.05. The number of amides is 2. The van der Waals surface area contributed by atoms with Crippen molar-refractivity contribution in [3.63, 3.8) is 0 Å². The van der Waals surface area contributed by atoms with Crippen molar-refractivity contribution in [2.75, 3.05) is 6.61 Å². The standard InChI is InChI=1S/C23H26N4O5/c1-4-31-17-8-10-18(11-9-17)32-16(3)22(29)26-25-20(28)12-13-27-14-24-21-15(2)6-5-7-19(21)23(27)30/h5-11,14,16H,4,12-13H2,1-3H3,(H,25,28)(H,26,29)/t16-/m0/s1. The minimum atomic E-state index is -0.830. The lowest BCUT2D eigenvalue weighted by Crippen LogP contribution is -2.47. The molecular weight excluding hydrogens is 412 g/mol. The van der Waals surface area contributed by atoms with Crippen molar-refractivity contribution in [3.05, 3.63) is 64.7 Å². The molecule has 0 saturated heterocycles. The third kappa shape index (κ3) is 5.63. The predicted octanol–water partition coefficient (Wildman–Crippen LogP) is 2.11. The second-order valence-electron chi connectivity index (χ2n) is 7.17. The highest BCUT2D eigenvalue weighted by Crippen LogP contribution is 2.18. The van der Waals surface area contributed by atoms with E-state index >= 15 is 0 Å². The van der Waals surface area contributed by atoms with Gasteiger partial charge in [0.25, 0.3) is 11.5 Å². The molecule has 9 nitrogen and oxygen atoms in total. The van der Waals surface area contributed by atoms with E-state index in [4.69, 9.17) is 9.47 Å². The van der Waals surface area contributed by atoms with Crippen LogP contribution in [0, 0.1) is 6.92 Å². The molecule has 3 rings (SSSR count). The first-order chi connectivity index (χ1) is 15.4. The molecule has 2 amide bonds. The molecule has 0 aliphatic heterocycles. The molecule has 0 unspecified atom stereocenters. The highest BCUT2D eigenvalue weighted by atomic mass is 16.5. The zero-order valence-corrected chi connectivity index (χ0v) is 18.3. The number of hydrogen-bond acceptors (Lipinski definition) is 6. The van der Waals surface area contributed by atoms with Gasteiger partial charge in [0.2, 0.25) is 5.91 Å². The molecule has 32 heavy (non-hydrogen) atoms. The molecule has 3 aromatic rings. The molecule has 9 heteroatoms. The van der Waals surface area contributed by atoms with Crippen LogP contribution in [0.4, 0.5) is 0 Å². The zero-order valence-electron chi connectivity index (χ0n) is 18.3. The van der Waals surface area contributed by atoms with Crippen LogP contribution < -0.4 is 25.9 Å². The number of hydrogen-bond donors (Lipinski definition) is 2. The summed E-state index contributed by atoms with van der Waals surface area (Å²) in [6, 6.07) is 12.3. The van der Waals surface area contributed by atoms with E-state index in [1.54, 1.807) is 43.3 Å². The van der Waals surface area contributed by atoms with Crippen molar-refractivity contribution in [2.24, 2.45) is 0 Å². The molecule has 2 N–H and O–H groups in total. The maximum absolute atomic E-state index is 12.6. The summed E-state index contributed by atoms with van der Waals surface area (Å²) in [5, 5.41) is 0.501. The van der Waals surface area contributed by atoms with Crippen molar-refractivity contribution >= 4 is 22.7 Å². The Morgan fingerprint density at radius 2 is 1.81 bits per heavy atom. The Balaban J connectivity index is 1.48. The summed E-state index contributed by atoms with van der Waals surface area (Å²) < 4.78 is 12.3. The first kappa shape index (κ1) is 22.8. The maximum atomic E-state index is 12.6. The van der Waals surface area contributed by atoms with Gasteiger partial charge in [0.05, 0.1) is 23.8 Å². The Morgan fingerprint density at radius 3 is 2.53 bits per heavy atom. The van der Waals surface area contributed by atoms with Crippen molar-refractivity contribution in [1.82, 2.24) is 20.4 Å². The van der Waals surface area contributed by atoms with Gasteiger partial charge in [-0.1, -0.05) is 12.1 Å². The number of nitrogens with one attached hydrogen (secondary N) is 2. The molecule has 1 aromatic heterocycles. The summed E-state index contributed by atoms with van der Waals surface area (Å²) >= 11 is 0. The molecular formula is C23H26N4O5. The number of carbonyl (C=O) groups excluding carboxylic acids is 2. The molecule has 0 radical (unpaired) electrons. The van der Waals surface area contributed by atoms with Crippen LogP contribution in [0.5, 0.6) is 11.5 Å². The molecule has 0 saturated carbocycles. The summed E-state index contributed by atoms with van der Waals surface area (Å²) in [6.07, 6.45) is 0.590. The Bertz CT molecular complexity index is 1160. The lowest BCUT2D eigenvalue weighted by molar-refractivity contribution is -0.132. The third-order valence-corrected chi connectivity index (χ3v) is 4.78. The lowest BCUT2D eigenvalue weighted by Gasteiger charge is -2.15. The summed E-state index contributed by atoms with van der Waals surface area (Å²) in [4.78, 5) is 41.2. The van der Waals surface area contributed by atoms with Crippen molar-refractivity contribution in [1.29, 1.82) is 0 Å². The SMILES string of the molecule is CCOc1ccc(O[C@@H](C)C(=O)NNC(=O)CCn2cnc3c(C)cccc3c2=O)cc1. The van der Waals surface area contributed by atoms with E-state index in [9.17, 15) is 14.4 Å². The number of ether oxygens (including phenoxy) is 2. The van der Waals surface area contributed by atoms with E-state index in [0.717, 1.165) is 5.56 Å². The fourth-order valence-electron chi connectivity index (χ4n) is 3.05. The number of aryl methyl sites for hydroxylation is 2. The van der Waals surface area contributed by atoms with Gasteiger partial charge in [-0.05, 0) is 56.7 Å². The summed E-state index contributed by atoms with van der Waals surface area (Å²) in [6.45, 7) is 6.04. The van der Waals surface area contributed by atoms with E-state index < -0.39 is 17.9 Å². The normalized spacial score (nSPS) is 11.6. The van der Waals surface area contributed by atoms with Crippen molar-refractivity contribution in [2.45, 2.75) is 39.8 Å². The van der Waals surface area contributed by atoms with Gasteiger partial charge < -0.3 is 9.47 Å². The second kappa shape index (κ2) is 10.4. The highest BCUT2D eigenvalue weighted by molar-refractivity contribution is 5.84. The van der Waals surface area contributed by atoms with Crippen LogP contribution in [0.15, 0.2) is 53.6 Å². The Morgan fingerprint density at radius 1 is 1.09 bits per heavy atom. The van der Waals surface area contributed by atoms with Crippen LogP contribution in [0.1, 0.15) is 25.8 Å². The van der Waals surface area contributed by atoms with E-state index in [2.05, 4.69) is 15.8 Å². The summed E-state index contributed by atoms with van der Waals surface area (Å²) in [5.74, 6) is 0.260. The van der Waals surface area contributed by atoms with Gasteiger partial charge in [0.1, 0.15) is 11.5 Å². The number of fused-ring (bicyclic) bond motifs is 1. The van der Waals surface area contributed by atoms with Crippen LogP contribution in [-0.4, -0.2) is 34.1 Å². The number of aromatic nitrogens is 2. The smallest absolute Gasteiger partial charge is 0.279 e. The zero-order chi connectivity index (χ0) is 23.1. The molecule has 1 heterocycles. The van der Waals surface area contributed by atoms with E-state index in [0.29, 0.717) is 29.0 Å². The fraction of sp³-hybridized carbons (Fsp3) is 0.304. The van der Waals surface area contributed by atoms with Crippen LogP contribution in [0.3, 0.4) is 0 Å². The number of nitrogens with zero attached hydrogens (tertiary/aromatic N) is 2. The maximum Gasteiger partial charge on any atom is 0.279 e. The quantitative estimate of drug-likeness (QED) is 0.521. The van der Waals surface area contributed by atoms with Crippen LogP contribution in [0.25, 0.3) is 10.9 Å². The third-order valence-electron chi connectivity index (χ3n) is 4.78. The van der Waals surface area contributed by atoms with Gasteiger partial charge in [-0.3, -0.25) is 29.8 Å². The van der Waals surface area contributed by atoms with Gasteiger partial charge in [0.15, 0.2) is 6.10 Å². The Kier molecular flexibility index (Phi) is 7.43. The van der Waals surface area contributed by atoms with Crippen molar-refractivity contribution < 1.29 is 19.1 Å². The molecule has 0 aliphatic rings. The number of rotatable bonds is 8. The number of benzene rings is 2. The van der Waals surface area contributed by atoms with Gasteiger partial charge in [-0.15, -0.1) is 0 Å². The minimum Gasteiger partial charge on any atom is -0.494 e. The number of carbonyl (C=O) groups is 2. The second-order valence-corrected chi connectivity index (χ2v) is 7.17. The van der Waals surface area contributed by atoms with E-state index in [1.165, 1.54) is 10.9 Å². The lowest BCUT2D eigenvalue weighted by atomic mass is 10.1. The first-order valence-electron chi connectivity index (χ1n) is 10.3. The number of para-hydroxylation sites is 1. The molecule has 0 aliphatic carbocycles. The largest absolute Gasteiger partial charge is 0.494 e. The average molecular weight is 438 g/mol. The molecule has 1 atom stereocenters. The molecule has 0 bridgehead atoms. The Hall–Kier alpha value is -3.88. The number of hydrazine groups is 1. The van der Waals surface area contributed by atoms with Crippen LogP contribution in [0.2, 0.25) is 0 Å². The molecule has 2 aromatic carbocycles. The molecule has 0 fully saturated rings.